The van der Waals surface area contributed by atoms with Gasteiger partial charge >= 0.3 is 12.5 Å². The highest BCUT2D eigenvalue weighted by Gasteiger charge is 2.19. The van der Waals surface area contributed by atoms with Crippen molar-refractivity contribution in [3.63, 3.8) is 0 Å². The summed E-state index contributed by atoms with van der Waals surface area (Å²) in [6.45, 7) is -3.05. The molecule has 0 amide bonds. The Kier molecular flexibility index (Phi) is 8.82. The second-order valence-corrected chi connectivity index (χ2v) is 7.67. The van der Waals surface area contributed by atoms with Crippen molar-refractivity contribution in [2.24, 2.45) is 0 Å². The van der Waals surface area contributed by atoms with Crippen LogP contribution >= 0.6 is 11.6 Å². The number of aliphatic hydroxyl groups excluding tert-OH is 1. The SMILES string of the molecule is Nc1nc(Cl)cc(-c2nn(C(F)F)cc2Cc2ccccc2COCN(CCO)CC(=O)O)n1. The number of hydrogen-bond acceptors (Lipinski definition) is 8. The van der Waals surface area contributed by atoms with Gasteiger partial charge in [0, 0.05) is 30.8 Å². The number of halogens is 3. The number of ether oxygens (including phenoxy) is 1. The highest BCUT2D eigenvalue weighted by atomic mass is 35.5. The predicted molar refractivity (Wildman–Crippen MR) is 119 cm³/mol. The molecule has 4 N–H and O–H groups in total. The quantitative estimate of drug-likeness (QED) is 0.255. The van der Waals surface area contributed by atoms with E-state index in [0.29, 0.717) is 10.2 Å². The molecule has 13 heteroatoms. The van der Waals surface area contributed by atoms with Crippen molar-refractivity contribution in [1.82, 2.24) is 24.6 Å². The number of anilines is 1. The van der Waals surface area contributed by atoms with E-state index in [0.717, 1.165) is 11.1 Å². The topological polar surface area (TPSA) is 140 Å². The first kappa shape index (κ1) is 25.4. The van der Waals surface area contributed by atoms with Gasteiger partial charge in [-0.3, -0.25) is 9.69 Å². The number of rotatable bonds is 12. The van der Waals surface area contributed by atoms with E-state index in [9.17, 15) is 13.6 Å². The van der Waals surface area contributed by atoms with E-state index in [4.69, 9.17) is 32.3 Å². The van der Waals surface area contributed by atoms with Gasteiger partial charge in [0.05, 0.1) is 25.5 Å². The van der Waals surface area contributed by atoms with Crippen molar-refractivity contribution >= 4 is 23.5 Å². The minimum Gasteiger partial charge on any atom is -0.480 e. The Morgan fingerprint density at radius 3 is 2.62 bits per heavy atom. The fourth-order valence-corrected chi connectivity index (χ4v) is 3.50. The zero-order valence-corrected chi connectivity index (χ0v) is 18.7. The number of benzene rings is 1. The molecule has 182 valence electrons. The summed E-state index contributed by atoms with van der Waals surface area (Å²) in [4.78, 5) is 20.3. The van der Waals surface area contributed by atoms with Crippen LogP contribution in [0.15, 0.2) is 36.5 Å². The monoisotopic (exact) mass is 496 g/mol. The van der Waals surface area contributed by atoms with Crippen molar-refractivity contribution in [2.75, 3.05) is 32.2 Å². The Hall–Kier alpha value is -3.19. The van der Waals surface area contributed by atoms with Crippen LogP contribution in [0.25, 0.3) is 11.4 Å². The number of alkyl halides is 2. The summed E-state index contributed by atoms with van der Waals surface area (Å²) in [5.41, 5.74) is 8.10. The summed E-state index contributed by atoms with van der Waals surface area (Å²) < 4.78 is 33.0. The Morgan fingerprint density at radius 1 is 1.24 bits per heavy atom. The fourth-order valence-electron chi connectivity index (χ4n) is 3.31. The molecular formula is C21H23ClF2N6O4. The number of nitrogens with zero attached hydrogens (tertiary/aromatic N) is 5. The van der Waals surface area contributed by atoms with E-state index in [1.807, 2.05) is 12.1 Å². The maximum atomic E-state index is 13.4. The second kappa shape index (κ2) is 11.8. The number of hydrogen-bond donors (Lipinski definition) is 3. The first-order valence-corrected chi connectivity index (χ1v) is 10.5. The molecule has 3 rings (SSSR count). The lowest BCUT2D eigenvalue weighted by Gasteiger charge is -2.19. The third-order valence-corrected chi connectivity index (χ3v) is 4.96. The first-order chi connectivity index (χ1) is 16.3. The zero-order chi connectivity index (χ0) is 24.7. The average Bonchev–Trinajstić information content (AvgIpc) is 3.18. The molecule has 0 spiro atoms. The second-order valence-electron chi connectivity index (χ2n) is 7.29. The van der Waals surface area contributed by atoms with Crippen molar-refractivity contribution in [2.45, 2.75) is 19.6 Å². The standard InChI is InChI=1S/C21H23ClF2N6O4/c22-17-8-16(26-21(25)27-17)19-15(9-30(28-19)20(23)24)7-13-3-1-2-4-14(13)11-34-12-29(5-6-31)10-18(32)33/h1-4,8-9,20,31H,5-7,10-12H2,(H,32,33)(H2,25,26,27). The van der Waals surface area contributed by atoms with Gasteiger partial charge in [0.1, 0.15) is 17.6 Å². The summed E-state index contributed by atoms with van der Waals surface area (Å²) in [6.07, 6.45) is 1.47. The zero-order valence-electron chi connectivity index (χ0n) is 17.9. The molecule has 0 radical (unpaired) electrons. The van der Waals surface area contributed by atoms with Gasteiger partial charge in [-0.2, -0.15) is 13.9 Å². The Morgan fingerprint density at radius 2 is 1.97 bits per heavy atom. The lowest BCUT2D eigenvalue weighted by molar-refractivity contribution is -0.140. The molecule has 0 aliphatic heterocycles. The number of aliphatic carboxylic acids is 1. The Labute approximate surface area is 198 Å². The molecule has 34 heavy (non-hydrogen) atoms. The number of nitrogen functional groups attached to an aromatic ring is 1. The largest absolute Gasteiger partial charge is 0.480 e. The third kappa shape index (κ3) is 6.90. The lowest BCUT2D eigenvalue weighted by Crippen LogP contribution is -2.34. The predicted octanol–water partition coefficient (Wildman–Crippen LogP) is 2.41. The van der Waals surface area contributed by atoms with Crippen molar-refractivity contribution in [3.05, 3.63) is 58.4 Å². The van der Waals surface area contributed by atoms with Crippen LogP contribution in [0.2, 0.25) is 5.15 Å². The van der Waals surface area contributed by atoms with Crippen molar-refractivity contribution < 1.29 is 28.5 Å². The van der Waals surface area contributed by atoms with Crippen LogP contribution < -0.4 is 5.73 Å². The molecular weight excluding hydrogens is 474 g/mol. The third-order valence-electron chi connectivity index (χ3n) is 4.77. The normalized spacial score (nSPS) is 11.5. The maximum Gasteiger partial charge on any atom is 0.333 e. The first-order valence-electron chi connectivity index (χ1n) is 10.1. The molecule has 0 fully saturated rings. The van der Waals surface area contributed by atoms with E-state index >= 15 is 0 Å². The van der Waals surface area contributed by atoms with Crippen LogP contribution in [0.3, 0.4) is 0 Å². The maximum absolute atomic E-state index is 13.4. The molecule has 0 bridgehead atoms. The molecule has 0 saturated heterocycles. The molecule has 2 aromatic heterocycles. The van der Waals surface area contributed by atoms with Crippen LogP contribution in [-0.2, 0) is 22.6 Å². The average molecular weight is 497 g/mol. The molecule has 0 aliphatic carbocycles. The molecule has 2 heterocycles. The fraction of sp³-hybridized carbons (Fsp3) is 0.333. The molecule has 10 nitrogen and oxygen atoms in total. The molecule has 0 aliphatic rings. The Bertz CT molecular complexity index is 1110. The van der Waals surface area contributed by atoms with Gasteiger partial charge in [0.25, 0.3) is 0 Å². The molecule has 1 aromatic carbocycles. The smallest absolute Gasteiger partial charge is 0.333 e. The summed E-state index contributed by atoms with van der Waals surface area (Å²) in [5.74, 6) is -1.14. The van der Waals surface area contributed by atoms with Crippen LogP contribution in [0.5, 0.6) is 0 Å². The molecule has 0 unspecified atom stereocenters. The highest BCUT2D eigenvalue weighted by molar-refractivity contribution is 6.29. The van der Waals surface area contributed by atoms with Gasteiger partial charge < -0.3 is 20.7 Å². The number of aromatic nitrogens is 4. The highest BCUT2D eigenvalue weighted by Crippen LogP contribution is 2.28. The van der Waals surface area contributed by atoms with Gasteiger partial charge in [-0.25, -0.2) is 14.6 Å². The summed E-state index contributed by atoms with van der Waals surface area (Å²) in [5, 5.41) is 22.1. The van der Waals surface area contributed by atoms with E-state index in [1.165, 1.54) is 17.2 Å². The summed E-state index contributed by atoms with van der Waals surface area (Å²) in [7, 11) is 0. The summed E-state index contributed by atoms with van der Waals surface area (Å²) >= 11 is 5.96. The van der Waals surface area contributed by atoms with Gasteiger partial charge in [-0.05, 0) is 11.1 Å². The minimum absolute atomic E-state index is 0.00549. The van der Waals surface area contributed by atoms with Gasteiger partial charge in [0.2, 0.25) is 5.95 Å². The van der Waals surface area contributed by atoms with Crippen LogP contribution in [0.4, 0.5) is 14.7 Å². The van der Waals surface area contributed by atoms with E-state index in [-0.39, 0.29) is 61.9 Å². The van der Waals surface area contributed by atoms with Gasteiger partial charge in [-0.15, -0.1) is 0 Å². The summed E-state index contributed by atoms with van der Waals surface area (Å²) in [6, 6.07) is 8.65. The van der Waals surface area contributed by atoms with E-state index in [1.54, 1.807) is 12.1 Å². The van der Waals surface area contributed by atoms with E-state index < -0.39 is 12.5 Å². The number of aliphatic hydroxyl groups is 1. The van der Waals surface area contributed by atoms with Crippen LogP contribution in [0.1, 0.15) is 23.2 Å². The minimum atomic E-state index is -2.85. The van der Waals surface area contributed by atoms with Crippen molar-refractivity contribution in [3.8, 4) is 11.4 Å². The Balaban J connectivity index is 1.83. The molecule has 0 atom stereocenters. The number of nitrogens with two attached hydrogens (primary N) is 1. The lowest BCUT2D eigenvalue weighted by atomic mass is 9.99. The molecule has 0 saturated carbocycles. The number of carbonyl (C=O) groups is 1. The van der Waals surface area contributed by atoms with E-state index in [2.05, 4.69) is 15.1 Å². The van der Waals surface area contributed by atoms with Crippen molar-refractivity contribution in [1.29, 1.82) is 0 Å². The van der Waals surface area contributed by atoms with Crippen LogP contribution in [-0.4, -0.2) is 67.3 Å². The number of carboxylic acids is 1. The van der Waals surface area contributed by atoms with Crippen LogP contribution in [0, 0.1) is 0 Å². The van der Waals surface area contributed by atoms with Gasteiger partial charge in [0.15, 0.2) is 0 Å². The number of carboxylic acid groups (broad SMARTS) is 1. The molecule has 3 aromatic rings. The van der Waals surface area contributed by atoms with Gasteiger partial charge in [-0.1, -0.05) is 35.9 Å².